The first-order valence-electron chi connectivity index (χ1n) is 16.2. The van der Waals surface area contributed by atoms with Gasteiger partial charge in [-0.2, -0.15) is 10.5 Å². The predicted molar refractivity (Wildman–Crippen MR) is 199 cm³/mol. The van der Waals surface area contributed by atoms with Crippen LogP contribution in [0.15, 0.2) is 164 Å². The van der Waals surface area contributed by atoms with Gasteiger partial charge in [0, 0.05) is 16.7 Å². The van der Waals surface area contributed by atoms with Crippen LogP contribution in [0.4, 0.5) is 0 Å². The summed E-state index contributed by atoms with van der Waals surface area (Å²) in [5, 5.41) is 21.4. The van der Waals surface area contributed by atoms with Crippen LogP contribution in [0.5, 0.6) is 0 Å². The maximum absolute atomic E-state index is 9.83. The van der Waals surface area contributed by atoms with E-state index in [4.69, 9.17) is 15.0 Å². The molecule has 0 atom stereocenters. The molecule has 0 fully saturated rings. The van der Waals surface area contributed by atoms with Gasteiger partial charge in [-0.15, -0.1) is 0 Å². The van der Waals surface area contributed by atoms with Crippen LogP contribution in [-0.4, -0.2) is 15.0 Å². The molecule has 50 heavy (non-hydrogen) atoms. The predicted octanol–water partition coefficient (Wildman–Crippen LogP) is 10.8. The lowest BCUT2D eigenvalue weighted by atomic mass is 9.93. The average molecular weight is 638 g/mol. The highest BCUT2D eigenvalue weighted by molar-refractivity contribution is 5.91. The lowest BCUT2D eigenvalue weighted by Crippen LogP contribution is -2.00. The van der Waals surface area contributed by atoms with Crippen molar-refractivity contribution in [2.45, 2.75) is 0 Å². The Kier molecular flexibility index (Phi) is 7.91. The molecule has 0 amide bonds. The van der Waals surface area contributed by atoms with Gasteiger partial charge in [-0.3, -0.25) is 0 Å². The first-order valence-corrected chi connectivity index (χ1v) is 16.2. The van der Waals surface area contributed by atoms with Crippen molar-refractivity contribution in [2.75, 3.05) is 0 Å². The quantitative estimate of drug-likeness (QED) is 0.181. The summed E-state index contributed by atoms with van der Waals surface area (Å²) < 4.78 is 0. The fraction of sp³-hybridized carbons (Fsp3) is 0. The second-order valence-corrected chi connectivity index (χ2v) is 12.0. The van der Waals surface area contributed by atoms with Gasteiger partial charge in [0.1, 0.15) is 0 Å². The molecular weight excluding hydrogens is 611 g/mol. The van der Waals surface area contributed by atoms with Crippen LogP contribution in [0.25, 0.3) is 78.3 Å². The lowest BCUT2D eigenvalue weighted by molar-refractivity contribution is 1.07. The van der Waals surface area contributed by atoms with Gasteiger partial charge in [0.05, 0.1) is 23.3 Å². The molecule has 0 aliphatic heterocycles. The highest BCUT2D eigenvalue weighted by Gasteiger charge is 2.13. The van der Waals surface area contributed by atoms with Crippen LogP contribution < -0.4 is 0 Å². The Labute approximate surface area is 290 Å². The minimum absolute atomic E-state index is 0.568. The van der Waals surface area contributed by atoms with E-state index in [-0.39, 0.29) is 0 Å². The topological polar surface area (TPSA) is 86.2 Å². The van der Waals surface area contributed by atoms with Crippen molar-refractivity contribution in [1.82, 2.24) is 15.0 Å². The molecule has 8 rings (SSSR count). The molecule has 5 nitrogen and oxygen atoms in total. The normalized spacial score (nSPS) is 10.8. The minimum atomic E-state index is 0.568. The van der Waals surface area contributed by atoms with E-state index in [0.717, 1.165) is 60.8 Å². The van der Waals surface area contributed by atoms with Gasteiger partial charge in [0.15, 0.2) is 17.5 Å². The van der Waals surface area contributed by atoms with E-state index in [2.05, 4.69) is 78.9 Å². The Hall–Kier alpha value is -7.21. The Bertz CT molecular complexity index is 2540. The summed E-state index contributed by atoms with van der Waals surface area (Å²) in [6.45, 7) is 0. The van der Waals surface area contributed by atoms with Crippen LogP contribution >= 0.6 is 0 Å². The maximum Gasteiger partial charge on any atom is 0.164 e. The molecular formula is C45H27N5. The molecule has 0 saturated carbocycles. The molecule has 1 heterocycles. The molecule has 0 saturated heterocycles. The second kappa shape index (κ2) is 13.1. The Balaban J connectivity index is 1.14. The number of rotatable bonds is 6. The molecule has 7 aromatic carbocycles. The van der Waals surface area contributed by atoms with Gasteiger partial charge in [-0.05, 0) is 86.6 Å². The van der Waals surface area contributed by atoms with Crippen molar-refractivity contribution in [2.24, 2.45) is 0 Å². The Morgan fingerprint density at radius 2 is 0.720 bits per heavy atom. The molecule has 1 aromatic heterocycles. The fourth-order valence-electron chi connectivity index (χ4n) is 6.15. The molecule has 232 valence electrons. The Morgan fingerprint density at radius 1 is 0.300 bits per heavy atom. The zero-order valence-corrected chi connectivity index (χ0v) is 26.8. The van der Waals surface area contributed by atoms with E-state index in [0.29, 0.717) is 28.6 Å². The van der Waals surface area contributed by atoms with Crippen molar-refractivity contribution >= 4 is 10.8 Å². The molecule has 8 aromatic rings. The van der Waals surface area contributed by atoms with E-state index in [1.165, 1.54) is 0 Å². The average Bonchev–Trinajstić information content (AvgIpc) is 3.20. The van der Waals surface area contributed by atoms with E-state index in [9.17, 15) is 10.5 Å². The zero-order valence-electron chi connectivity index (χ0n) is 26.8. The largest absolute Gasteiger partial charge is 0.208 e. The third kappa shape index (κ3) is 6.11. The fourth-order valence-corrected chi connectivity index (χ4v) is 6.15. The summed E-state index contributed by atoms with van der Waals surface area (Å²) in [4.78, 5) is 14.6. The second-order valence-electron chi connectivity index (χ2n) is 12.0. The highest BCUT2D eigenvalue weighted by atomic mass is 15.0. The number of nitriles is 2. The molecule has 0 bridgehead atoms. The first kappa shape index (κ1) is 30.1. The molecule has 5 heteroatoms. The molecule has 0 radical (unpaired) electrons. The molecule has 0 aliphatic carbocycles. The third-order valence-corrected chi connectivity index (χ3v) is 8.74. The summed E-state index contributed by atoms with van der Waals surface area (Å²) in [6, 6.07) is 58.9. The van der Waals surface area contributed by atoms with Crippen LogP contribution in [-0.2, 0) is 0 Å². The van der Waals surface area contributed by atoms with Crippen molar-refractivity contribution in [1.29, 1.82) is 10.5 Å². The van der Waals surface area contributed by atoms with Crippen molar-refractivity contribution in [3.05, 3.63) is 175 Å². The number of fused-ring (bicyclic) bond motifs is 1. The van der Waals surface area contributed by atoms with Gasteiger partial charge in [0.2, 0.25) is 0 Å². The van der Waals surface area contributed by atoms with Crippen LogP contribution in [0.1, 0.15) is 11.1 Å². The summed E-state index contributed by atoms with van der Waals surface area (Å²) in [7, 11) is 0. The number of nitrogens with zero attached hydrogens (tertiary/aromatic N) is 5. The smallest absolute Gasteiger partial charge is 0.164 e. The lowest BCUT2D eigenvalue weighted by Gasteiger charge is -2.11. The standard InChI is InChI=1S/C45H27N5/c46-28-30-8-7-13-37(22-30)40-23-31(29-47)24-41(27-40)39-21-17-33-16-20-38(25-42(33)26-39)32-14-18-36(19-15-32)45-49-43(34-9-3-1-4-10-34)48-44(50-45)35-11-5-2-6-12-35/h1-27H. The van der Waals surface area contributed by atoms with E-state index in [1.807, 2.05) is 91.0 Å². The van der Waals surface area contributed by atoms with Crippen molar-refractivity contribution in [3.63, 3.8) is 0 Å². The summed E-state index contributed by atoms with van der Waals surface area (Å²) in [5.41, 5.74) is 9.85. The summed E-state index contributed by atoms with van der Waals surface area (Å²) in [5.74, 6) is 1.88. The monoisotopic (exact) mass is 637 g/mol. The van der Waals surface area contributed by atoms with Crippen LogP contribution in [0.2, 0.25) is 0 Å². The van der Waals surface area contributed by atoms with Gasteiger partial charge in [-0.1, -0.05) is 121 Å². The molecule has 0 aliphatic rings. The Morgan fingerprint density at radius 3 is 1.26 bits per heavy atom. The van der Waals surface area contributed by atoms with Gasteiger partial charge < -0.3 is 0 Å². The van der Waals surface area contributed by atoms with Gasteiger partial charge in [-0.25, -0.2) is 15.0 Å². The zero-order chi connectivity index (χ0) is 33.9. The summed E-state index contributed by atoms with van der Waals surface area (Å²) >= 11 is 0. The highest BCUT2D eigenvalue weighted by Crippen LogP contribution is 2.33. The van der Waals surface area contributed by atoms with E-state index in [1.54, 1.807) is 6.07 Å². The molecule has 0 N–H and O–H groups in total. The number of hydrogen-bond acceptors (Lipinski definition) is 5. The number of benzene rings is 7. The number of aromatic nitrogens is 3. The van der Waals surface area contributed by atoms with Crippen molar-refractivity contribution in [3.8, 4) is 79.7 Å². The maximum atomic E-state index is 9.83. The van der Waals surface area contributed by atoms with Crippen LogP contribution in [0, 0.1) is 22.7 Å². The number of hydrogen-bond donors (Lipinski definition) is 0. The first-order chi connectivity index (χ1) is 24.6. The minimum Gasteiger partial charge on any atom is -0.208 e. The van der Waals surface area contributed by atoms with Gasteiger partial charge >= 0.3 is 0 Å². The molecule has 0 unspecified atom stereocenters. The molecule has 0 spiro atoms. The van der Waals surface area contributed by atoms with E-state index < -0.39 is 0 Å². The summed E-state index contributed by atoms with van der Waals surface area (Å²) in [6.07, 6.45) is 0. The van der Waals surface area contributed by atoms with Crippen molar-refractivity contribution < 1.29 is 0 Å². The third-order valence-electron chi connectivity index (χ3n) is 8.74. The SMILES string of the molecule is N#Cc1cccc(-c2cc(C#N)cc(-c3ccc4ccc(-c5ccc(-c6nc(-c7ccccc7)nc(-c7ccccc7)n6)cc5)cc4c3)c2)c1. The van der Waals surface area contributed by atoms with E-state index >= 15 is 0 Å². The van der Waals surface area contributed by atoms with Gasteiger partial charge in [0.25, 0.3) is 0 Å². The van der Waals surface area contributed by atoms with Crippen LogP contribution in [0.3, 0.4) is 0 Å².